The highest BCUT2D eigenvalue weighted by Gasteiger charge is 2.24. The lowest BCUT2D eigenvalue weighted by atomic mass is 9.79. The number of carbonyl (C=O) groups is 1. The van der Waals surface area contributed by atoms with Crippen molar-refractivity contribution in [3.63, 3.8) is 0 Å². The molecule has 1 N–H and O–H groups in total. The van der Waals surface area contributed by atoms with Crippen molar-refractivity contribution in [2.45, 2.75) is 57.3 Å². The van der Waals surface area contributed by atoms with Crippen LogP contribution in [-0.4, -0.2) is 14.3 Å². The first kappa shape index (κ1) is 21.5. The van der Waals surface area contributed by atoms with Gasteiger partial charge in [0.2, 0.25) is 0 Å². The third kappa shape index (κ3) is 5.33. The number of hydrogen-bond donors (Lipinski definition) is 1. The maximum absolute atomic E-state index is 12.7. The number of benzene rings is 2. The van der Waals surface area contributed by atoms with Crippen molar-refractivity contribution in [1.29, 1.82) is 0 Å². The molecule has 2 aromatic carbocycles. The van der Waals surface area contributed by atoms with Gasteiger partial charge in [-0.15, -0.1) is 0 Å². The van der Waals surface area contributed by atoms with Crippen LogP contribution < -0.4 is 4.72 Å². The van der Waals surface area contributed by atoms with Gasteiger partial charge >= 0.3 is 0 Å². The van der Waals surface area contributed by atoms with Crippen LogP contribution in [0.25, 0.3) is 0 Å². The molecule has 2 aromatic rings. The Morgan fingerprint density at radius 1 is 0.852 bits per heavy atom. The number of sulfonamides is 1. The van der Waals surface area contributed by atoms with Crippen molar-refractivity contribution in [2.75, 3.05) is 0 Å². The van der Waals surface area contributed by atoms with Gasteiger partial charge in [-0.3, -0.25) is 4.79 Å². The minimum Gasteiger partial charge on any atom is -0.268 e. The number of carbonyl (C=O) groups excluding carboxylic acids is 1. The number of rotatable bonds is 3. The predicted molar refractivity (Wildman–Crippen MR) is 110 cm³/mol. The van der Waals surface area contributed by atoms with Crippen LogP contribution in [0.1, 0.15) is 63.0 Å². The largest absolute Gasteiger partial charge is 0.268 e. The van der Waals surface area contributed by atoms with Gasteiger partial charge in [-0.1, -0.05) is 59.2 Å². The van der Waals surface area contributed by atoms with Gasteiger partial charge in [0.15, 0.2) is 0 Å². The molecule has 4 nitrogen and oxygen atoms in total. The Hall–Kier alpha value is -1.85. The zero-order valence-electron chi connectivity index (χ0n) is 16.6. The number of nitrogens with one attached hydrogen (secondary N) is 1. The van der Waals surface area contributed by atoms with Crippen molar-refractivity contribution in [3.05, 3.63) is 64.2 Å². The smallest absolute Gasteiger partial charge is 0.265 e. The molecule has 0 aromatic heterocycles. The van der Waals surface area contributed by atoms with Gasteiger partial charge in [0.25, 0.3) is 15.9 Å². The highest BCUT2D eigenvalue weighted by Crippen LogP contribution is 2.30. The summed E-state index contributed by atoms with van der Waals surface area (Å²) < 4.78 is 27.2. The summed E-state index contributed by atoms with van der Waals surface area (Å²) in [5.41, 5.74) is 1.93. The molecule has 0 aliphatic carbocycles. The predicted octanol–water partition coefficient (Wildman–Crippen LogP) is 5.05. The Balaban J connectivity index is 2.44. The summed E-state index contributed by atoms with van der Waals surface area (Å²) in [4.78, 5) is 12.7. The number of halogens is 1. The molecule has 0 bridgehead atoms. The summed E-state index contributed by atoms with van der Waals surface area (Å²) in [6.07, 6.45) is 0. The highest BCUT2D eigenvalue weighted by molar-refractivity contribution is 7.90. The zero-order valence-corrected chi connectivity index (χ0v) is 18.1. The molecular weight excluding hydrogens is 382 g/mol. The van der Waals surface area contributed by atoms with Gasteiger partial charge in [-0.25, -0.2) is 13.1 Å². The van der Waals surface area contributed by atoms with Crippen LogP contribution in [0, 0.1) is 0 Å². The van der Waals surface area contributed by atoms with E-state index in [4.69, 9.17) is 11.6 Å². The minimum absolute atomic E-state index is 0.0109. The molecule has 0 aliphatic rings. The Morgan fingerprint density at radius 2 is 1.30 bits per heavy atom. The lowest BCUT2D eigenvalue weighted by Crippen LogP contribution is -2.31. The van der Waals surface area contributed by atoms with Crippen LogP contribution in [0.15, 0.2) is 47.4 Å². The van der Waals surface area contributed by atoms with Crippen LogP contribution in [0.5, 0.6) is 0 Å². The molecule has 0 unspecified atom stereocenters. The molecule has 0 heterocycles. The summed E-state index contributed by atoms with van der Waals surface area (Å²) in [6.45, 7) is 12.3. The summed E-state index contributed by atoms with van der Waals surface area (Å²) in [5.74, 6) is -0.651. The van der Waals surface area contributed by atoms with Crippen LogP contribution in [0.4, 0.5) is 0 Å². The molecule has 0 saturated heterocycles. The fourth-order valence-corrected chi connectivity index (χ4v) is 3.58. The Kier molecular flexibility index (Phi) is 5.79. The van der Waals surface area contributed by atoms with Crippen LogP contribution in [0.3, 0.4) is 0 Å². The molecule has 146 valence electrons. The van der Waals surface area contributed by atoms with Crippen molar-refractivity contribution < 1.29 is 13.2 Å². The van der Waals surface area contributed by atoms with E-state index in [1.807, 2.05) is 0 Å². The number of amides is 1. The molecule has 0 atom stereocenters. The van der Waals surface area contributed by atoms with E-state index in [2.05, 4.69) is 52.3 Å². The Labute approximate surface area is 167 Å². The average molecular weight is 408 g/mol. The van der Waals surface area contributed by atoms with Crippen LogP contribution >= 0.6 is 11.6 Å². The van der Waals surface area contributed by atoms with E-state index in [1.54, 1.807) is 12.1 Å². The molecule has 0 saturated carbocycles. The first-order chi connectivity index (χ1) is 12.2. The Bertz CT molecular complexity index is 918. The van der Waals surface area contributed by atoms with E-state index in [0.717, 1.165) is 11.1 Å². The van der Waals surface area contributed by atoms with E-state index in [0.29, 0.717) is 10.6 Å². The average Bonchev–Trinajstić information content (AvgIpc) is 2.52. The summed E-state index contributed by atoms with van der Waals surface area (Å²) in [7, 11) is -3.98. The van der Waals surface area contributed by atoms with Gasteiger partial charge < -0.3 is 0 Å². The summed E-state index contributed by atoms with van der Waals surface area (Å²) >= 11 is 5.80. The molecule has 0 aliphatic heterocycles. The maximum atomic E-state index is 12.7. The second-order valence-electron chi connectivity index (χ2n) is 8.69. The fourth-order valence-electron chi connectivity index (χ4n) is 2.48. The molecule has 6 heteroatoms. The van der Waals surface area contributed by atoms with Crippen molar-refractivity contribution in [3.8, 4) is 0 Å². The van der Waals surface area contributed by atoms with E-state index < -0.39 is 15.9 Å². The second-order valence-corrected chi connectivity index (χ2v) is 10.8. The van der Waals surface area contributed by atoms with Crippen LogP contribution in [-0.2, 0) is 20.9 Å². The van der Waals surface area contributed by atoms with E-state index >= 15 is 0 Å². The second kappa shape index (κ2) is 7.28. The SMILES string of the molecule is CC(C)(C)c1cc(C(=O)NS(=O)(=O)c2ccc(Cl)cc2)cc(C(C)(C)C)c1. The van der Waals surface area contributed by atoms with Gasteiger partial charge in [0.05, 0.1) is 4.90 Å². The minimum atomic E-state index is -3.98. The standard InChI is InChI=1S/C21H26ClNO3S/c1-20(2,3)15-11-14(12-16(13-15)21(4,5)6)19(24)23-27(25,26)18-9-7-17(22)8-10-18/h7-13H,1-6H3,(H,23,24). The van der Waals surface area contributed by atoms with Gasteiger partial charge in [0.1, 0.15) is 0 Å². The molecule has 2 rings (SSSR count). The van der Waals surface area contributed by atoms with Crippen molar-refractivity contribution >= 4 is 27.5 Å². The monoisotopic (exact) mass is 407 g/mol. The van der Waals surface area contributed by atoms with Crippen molar-refractivity contribution in [1.82, 2.24) is 4.72 Å². The normalized spacial score (nSPS) is 12.7. The summed E-state index contributed by atoms with van der Waals surface area (Å²) in [6, 6.07) is 11.2. The lowest BCUT2D eigenvalue weighted by Gasteiger charge is -2.26. The molecular formula is C21H26ClNO3S. The lowest BCUT2D eigenvalue weighted by molar-refractivity contribution is 0.0981. The quantitative estimate of drug-likeness (QED) is 0.773. The first-order valence-corrected chi connectivity index (χ1v) is 10.5. The maximum Gasteiger partial charge on any atom is 0.265 e. The van der Waals surface area contributed by atoms with Gasteiger partial charge in [-0.2, -0.15) is 0 Å². The zero-order chi connectivity index (χ0) is 20.6. The third-order valence-electron chi connectivity index (χ3n) is 4.28. The molecule has 0 spiro atoms. The molecule has 0 fully saturated rings. The Morgan fingerprint density at radius 3 is 1.70 bits per heavy atom. The van der Waals surface area contributed by atoms with E-state index in [1.165, 1.54) is 24.3 Å². The van der Waals surface area contributed by atoms with E-state index in [9.17, 15) is 13.2 Å². The molecule has 0 radical (unpaired) electrons. The molecule has 1 amide bonds. The topological polar surface area (TPSA) is 63.2 Å². The highest BCUT2D eigenvalue weighted by atomic mass is 35.5. The van der Waals surface area contributed by atoms with Crippen LogP contribution in [0.2, 0.25) is 5.02 Å². The van der Waals surface area contributed by atoms with Gasteiger partial charge in [0, 0.05) is 10.6 Å². The fraction of sp³-hybridized carbons (Fsp3) is 0.381. The van der Waals surface area contributed by atoms with Crippen molar-refractivity contribution in [2.24, 2.45) is 0 Å². The van der Waals surface area contributed by atoms with E-state index in [-0.39, 0.29) is 15.7 Å². The summed E-state index contributed by atoms with van der Waals surface area (Å²) in [5, 5.41) is 0.424. The molecule has 27 heavy (non-hydrogen) atoms. The third-order valence-corrected chi connectivity index (χ3v) is 5.88. The number of hydrogen-bond acceptors (Lipinski definition) is 3. The first-order valence-electron chi connectivity index (χ1n) is 8.69. The van der Waals surface area contributed by atoms with Gasteiger partial charge in [-0.05, 0) is 58.4 Å².